The van der Waals surface area contributed by atoms with Crippen molar-refractivity contribution in [2.24, 2.45) is 0 Å². The Bertz CT molecular complexity index is 479. The number of likely N-dealkylation sites (tertiary alicyclic amines) is 1. The SMILES string of the molecule is CCN1CCC[C@@H]1CNCc1ccc(OC)c(OC)c1OC. The molecule has 1 fully saturated rings. The zero-order valence-electron chi connectivity index (χ0n) is 14.1. The standard InChI is InChI=1S/C17H28N2O3/c1-5-19-10-6-7-14(19)12-18-11-13-8-9-15(20-2)17(22-4)16(13)21-3/h8-9,14,18H,5-7,10-12H2,1-4H3/t14-/m1/s1. The fraction of sp³-hybridized carbons (Fsp3) is 0.647. The number of hydrogen-bond donors (Lipinski definition) is 1. The summed E-state index contributed by atoms with van der Waals surface area (Å²) in [7, 11) is 4.93. The maximum Gasteiger partial charge on any atom is 0.203 e. The van der Waals surface area contributed by atoms with Crippen LogP contribution in [0.3, 0.4) is 0 Å². The van der Waals surface area contributed by atoms with Gasteiger partial charge in [0.05, 0.1) is 21.3 Å². The summed E-state index contributed by atoms with van der Waals surface area (Å²) in [6.07, 6.45) is 2.59. The first-order valence-corrected chi connectivity index (χ1v) is 7.97. The number of nitrogens with one attached hydrogen (secondary N) is 1. The van der Waals surface area contributed by atoms with Crippen LogP contribution in [0.5, 0.6) is 17.2 Å². The molecule has 0 spiro atoms. The number of nitrogens with zero attached hydrogens (tertiary/aromatic N) is 1. The van der Waals surface area contributed by atoms with Crippen LogP contribution < -0.4 is 19.5 Å². The van der Waals surface area contributed by atoms with Gasteiger partial charge in [0.2, 0.25) is 5.75 Å². The van der Waals surface area contributed by atoms with Gasteiger partial charge in [-0.05, 0) is 32.0 Å². The largest absolute Gasteiger partial charge is 0.493 e. The Hall–Kier alpha value is -1.46. The molecule has 22 heavy (non-hydrogen) atoms. The quantitative estimate of drug-likeness (QED) is 0.798. The van der Waals surface area contributed by atoms with Crippen molar-refractivity contribution in [2.75, 3.05) is 41.0 Å². The lowest BCUT2D eigenvalue weighted by Gasteiger charge is -2.23. The lowest BCUT2D eigenvalue weighted by molar-refractivity contribution is 0.259. The summed E-state index contributed by atoms with van der Waals surface area (Å²) in [5.41, 5.74) is 1.08. The Morgan fingerprint density at radius 3 is 2.55 bits per heavy atom. The maximum absolute atomic E-state index is 5.52. The van der Waals surface area contributed by atoms with E-state index in [9.17, 15) is 0 Å². The van der Waals surface area contributed by atoms with Gasteiger partial charge >= 0.3 is 0 Å². The lowest BCUT2D eigenvalue weighted by Crippen LogP contribution is -2.37. The van der Waals surface area contributed by atoms with E-state index in [2.05, 4.69) is 17.1 Å². The normalized spacial score (nSPS) is 18.5. The summed E-state index contributed by atoms with van der Waals surface area (Å²) in [6, 6.07) is 4.60. The highest BCUT2D eigenvalue weighted by Crippen LogP contribution is 2.39. The molecule has 0 unspecified atom stereocenters. The Labute approximate surface area is 133 Å². The number of hydrogen-bond acceptors (Lipinski definition) is 5. The number of methoxy groups -OCH3 is 3. The molecule has 1 aromatic rings. The molecular weight excluding hydrogens is 280 g/mol. The monoisotopic (exact) mass is 308 g/mol. The van der Waals surface area contributed by atoms with E-state index >= 15 is 0 Å². The third-order valence-corrected chi connectivity index (χ3v) is 4.39. The van der Waals surface area contributed by atoms with Gasteiger partial charge in [-0.25, -0.2) is 0 Å². The summed E-state index contributed by atoms with van der Waals surface area (Å²) in [5.74, 6) is 2.09. The van der Waals surface area contributed by atoms with E-state index in [1.165, 1.54) is 19.4 Å². The fourth-order valence-electron chi connectivity index (χ4n) is 3.22. The smallest absolute Gasteiger partial charge is 0.203 e. The van der Waals surface area contributed by atoms with Crippen molar-refractivity contribution in [3.63, 3.8) is 0 Å². The van der Waals surface area contributed by atoms with Gasteiger partial charge in [0, 0.05) is 24.7 Å². The molecule has 5 heteroatoms. The second-order valence-corrected chi connectivity index (χ2v) is 5.55. The Morgan fingerprint density at radius 2 is 1.91 bits per heavy atom. The van der Waals surface area contributed by atoms with Crippen molar-refractivity contribution in [3.8, 4) is 17.2 Å². The minimum atomic E-state index is 0.649. The van der Waals surface area contributed by atoms with Gasteiger partial charge in [-0.15, -0.1) is 0 Å². The zero-order valence-corrected chi connectivity index (χ0v) is 14.1. The van der Waals surface area contributed by atoms with Crippen molar-refractivity contribution >= 4 is 0 Å². The molecule has 2 rings (SSSR count). The third kappa shape index (κ3) is 3.65. The fourth-order valence-corrected chi connectivity index (χ4v) is 3.22. The van der Waals surface area contributed by atoms with E-state index < -0.39 is 0 Å². The van der Waals surface area contributed by atoms with Crippen LogP contribution in [0.1, 0.15) is 25.3 Å². The van der Waals surface area contributed by atoms with Crippen LogP contribution in [-0.2, 0) is 6.54 Å². The van der Waals surface area contributed by atoms with Gasteiger partial charge in [0.15, 0.2) is 11.5 Å². The molecular formula is C17H28N2O3. The van der Waals surface area contributed by atoms with Crippen LogP contribution in [0.25, 0.3) is 0 Å². The molecule has 1 saturated heterocycles. The summed E-state index contributed by atoms with van der Waals surface area (Å²) >= 11 is 0. The summed E-state index contributed by atoms with van der Waals surface area (Å²) in [5, 5.41) is 3.55. The molecule has 1 aliphatic heterocycles. The molecule has 0 bridgehead atoms. The Morgan fingerprint density at radius 1 is 1.14 bits per heavy atom. The van der Waals surface area contributed by atoms with Gasteiger partial charge < -0.3 is 19.5 Å². The van der Waals surface area contributed by atoms with E-state index in [1.54, 1.807) is 21.3 Å². The molecule has 0 amide bonds. The molecule has 0 aliphatic carbocycles. The van der Waals surface area contributed by atoms with Crippen LogP contribution in [0.15, 0.2) is 12.1 Å². The highest BCUT2D eigenvalue weighted by atomic mass is 16.5. The van der Waals surface area contributed by atoms with Crippen molar-refractivity contribution in [1.29, 1.82) is 0 Å². The van der Waals surface area contributed by atoms with E-state index in [0.29, 0.717) is 17.5 Å². The molecule has 1 aromatic carbocycles. The number of benzene rings is 1. The van der Waals surface area contributed by atoms with Gasteiger partial charge in [0.1, 0.15) is 0 Å². The molecule has 124 valence electrons. The molecule has 0 saturated carbocycles. The van der Waals surface area contributed by atoms with Gasteiger partial charge in [0.25, 0.3) is 0 Å². The first-order valence-electron chi connectivity index (χ1n) is 7.97. The second-order valence-electron chi connectivity index (χ2n) is 5.55. The average molecular weight is 308 g/mol. The summed E-state index contributed by atoms with van der Waals surface area (Å²) in [4.78, 5) is 2.54. The van der Waals surface area contributed by atoms with Gasteiger partial charge in [-0.3, -0.25) is 4.90 Å². The van der Waals surface area contributed by atoms with Crippen molar-refractivity contribution < 1.29 is 14.2 Å². The van der Waals surface area contributed by atoms with Crippen LogP contribution >= 0.6 is 0 Å². The molecule has 5 nitrogen and oxygen atoms in total. The van der Waals surface area contributed by atoms with E-state index in [4.69, 9.17) is 14.2 Å². The lowest BCUT2D eigenvalue weighted by atomic mass is 10.1. The van der Waals surface area contributed by atoms with Crippen LogP contribution in [-0.4, -0.2) is 51.9 Å². The molecule has 1 N–H and O–H groups in total. The topological polar surface area (TPSA) is 43.0 Å². The molecule has 1 heterocycles. The van der Waals surface area contributed by atoms with Crippen molar-refractivity contribution in [1.82, 2.24) is 10.2 Å². The Balaban J connectivity index is 2.00. The van der Waals surface area contributed by atoms with Gasteiger partial charge in [-0.1, -0.05) is 13.0 Å². The first-order chi connectivity index (χ1) is 10.7. The summed E-state index contributed by atoms with van der Waals surface area (Å²) in [6.45, 7) is 6.35. The molecule has 0 aromatic heterocycles. The second kappa shape index (κ2) is 8.25. The highest BCUT2D eigenvalue weighted by Gasteiger charge is 2.22. The molecule has 0 radical (unpaired) electrons. The minimum absolute atomic E-state index is 0.649. The molecule has 1 aliphatic rings. The number of ether oxygens (including phenoxy) is 3. The molecule has 1 atom stereocenters. The minimum Gasteiger partial charge on any atom is -0.493 e. The van der Waals surface area contributed by atoms with E-state index in [-0.39, 0.29) is 0 Å². The van der Waals surface area contributed by atoms with Crippen LogP contribution in [0.2, 0.25) is 0 Å². The van der Waals surface area contributed by atoms with Crippen LogP contribution in [0, 0.1) is 0 Å². The predicted molar refractivity (Wildman–Crippen MR) is 88.1 cm³/mol. The Kier molecular flexibility index (Phi) is 6.34. The van der Waals surface area contributed by atoms with Crippen molar-refractivity contribution in [3.05, 3.63) is 17.7 Å². The van der Waals surface area contributed by atoms with Gasteiger partial charge in [-0.2, -0.15) is 0 Å². The summed E-state index contributed by atoms with van der Waals surface area (Å²) < 4.78 is 16.3. The zero-order chi connectivity index (χ0) is 15.9. The first kappa shape index (κ1) is 16.9. The number of rotatable bonds is 8. The predicted octanol–water partition coefficient (Wildman–Crippen LogP) is 2.29. The highest BCUT2D eigenvalue weighted by molar-refractivity contribution is 5.55. The van der Waals surface area contributed by atoms with Crippen LogP contribution in [0.4, 0.5) is 0 Å². The number of likely N-dealkylation sites (N-methyl/N-ethyl adjacent to an activating group) is 1. The van der Waals surface area contributed by atoms with E-state index in [1.807, 2.05) is 12.1 Å². The average Bonchev–Trinajstić information content (AvgIpc) is 3.01. The van der Waals surface area contributed by atoms with E-state index in [0.717, 1.165) is 30.9 Å². The third-order valence-electron chi connectivity index (χ3n) is 4.39. The van der Waals surface area contributed by atoms with Crippen molar-refractivity contribution in [2.45, 2.75) is 32.4 Å². The maximum atomic E-state index is 5.52.